The molecule has 20 heavy (non-hydrogen) atoms. The van der Waals surface area contributed by atoms with Gasteiger partial charge in [-0.05, 0) is 29.1 Å². The number of hydrogen-bond donors (Lipinski definition) is 2. The Kier molecular flexibility index (Phi) is 3.02. The number of benzene rings is 1. The van der Waals surface area contributed by atoms with Crippen molar-refractivity contribution in [2.75, 3.05) is 0 Å². The molecular weight excluding hydrogens is 277 g/mol. The van der Waals surface area contributed by atoms with Gasteiger partial charge in [-0.3, -0.25) is 10.1 Å². The molecule has 2 aromatic rings. The maximum absolute atomic E-state index is 13.1. The minimum Gasteiger partial charge on any atom is -0.370 e. The van der Waals surface area contributed by atoms with Crippen molar-refractivity contribution in [3.63, 3.8) is 0 Å². The lowest BCUT2D eigenvalue weighted by Gasteiger charge is -2.23. The van der Waals surface area contributed by atoms with E-state index in [9.17, 15) is 9.18 Å². The number of nitrogens with two attached hydrogens (primary N) is 1. The summed E-state index contributed by atoms with van der Waals surface area (Å²) in [7, 11) is 0. The van der Waals surface area contributed by atoms with E-state index in [1.165, 1.54) is 12.1 Å². The van der Waals surface area contributed by atoms with Crippen LogP contribution in [0.15, 0.2) is 46.8 Å². The Morgan fingerprint density at radius 2 is 2.05 bits per heavy atom. The second-order valence-electron chi connectivity index (χ2n) is 4.57. The van der Waals surface area contributed by atoms with Gasteiger partial charge in [-0.1, -0.05) is 18.2 Å². The maximum Gasteiger partial charge on any atom is 0.259 e. The third-order valence-corrected chi connectivity index (χ3v) is 4.14. The number of nitrogens with one attached hydrogen (secondary N) is 1. The van der Waals surface area contributed by atoms with Crippen molar-refractivity contribution in [1.82, 2.24) is 5.32 Å². The molecule has 0 unspecified atom stereocenters. The lowest BCUT2D eigenvalue weighted by Crippen LogP contribution is -2.40. The van der Waals surface area contributed by atoms with Crippen LogP contribution in [0.1, 0.15) is 10.4 Å². The van der Waals surface area contributed by atoms with Crippen LogP contribution >= 0.6 is 11.3 Å². The van der Waals surface area contributed by atoms with Crippen molar-refractivity contribution in [3.8, 4) is 0 Å². The average molecular weight is 289 g/mol. The molecule has 0 spiro atoms. The zero-order chi connectivity index (χ0) is 14.2. The number of carbonyl (C=O) groups is 1. The quantitative estimate of drug-likeness (QED) is 0.904. The molecule has 1 aromatic heterocycles. The molecule has 0 aliphatic carbocycles. The molecule has 102 valence electrons. The van der Waals surface area contributed by atoms with Crippen LogP contribution in [-0.2, 0) is 16.8 Å². The predicted octanol–water partition coefficient (Wildman–Crippen LogP) is 1.77. The molecule has 1 aromatic carbocycles. The van der Waals surface area contributed by atoms with E-state index >= 15 is 0 Å². The van der Waals surface area contributed by atoms with E-state index in [1.54, 1.807) is 23.5 Å². The Labute approximate surface area is 119 Å². The number of halogens is 1. The molecule has 0 saturated carbocycles. The summed E-state index contributed by atoms with van der Waals surface area (Å²) in [5.41, 5.74) is 5.17. The van der Waals surface area contributed by atoms with Crippen LogP contribution in [0.4, 0.5) is 4.39 Å². The summed E-state index contributed by atoms with van der Waals surface area (Å²) in [5, 5.41) is 4.47. The van der Waals surface area contributed by atoms with Gasteiger partial charge in [0.05, 0.1) is 0 Å². The van der Waals surface area contributed by atoms with Crippen LogP contribution in [0.2, 0.25) is 0 Å². The summed E-state index contributed by atoms with van der Waals surface area (Å²) in [6.45, 7) is 0. The fourth-order valence-corrected chi connectivity index (χ4v) is 3.09. The number of nitrogens with zero attached hydrogens (tertiary/aromatic N) is 1. The van der Waals surface area contributed by atoms with Gasteiger partial charge in [0.25, 0.3) is 5.91 Å². The van der Waals surface area contributed by atoms with Crippen LogP contribution in [0.5, 0.6) is 0 Å². The average Bonchev–Trinajstić information content (AvgIpc) is 3.00. The molecule has 6 heteroatoms. The van der Waals surface area contributed by atoms with E-state index in [0.717, 1.165) is 4.88 Å². The summed E-state index contributed by atoms with van der Waals surface area (Å²) >= 11 is 1.55. The van der Waals surface area contributed by atoms with Gasteiger partial charge in [-0.15, -0.1) is 11.3 Å². The molecule has 1 aliphatic rings. The second kappa shape index (κ2) is 4.72. The molecule has 0 radical (unpaired) electrons. The van der Waals surface area contributed by atoms with Crippen LogP contribution in [0.25, 0.3) is 0 Å². The first-order chi connectivity index (χ1) is 9.60. The van der Waals surface area contributed by atoms with E-state index in [4.69, 9.17) is 5.73 Å². The highest BCUT2D eigenvalue weighted by atomic mass is 32.1. The van der Waals surface area contributed by atoms with Crippen LogP contribution in [0, 0.1) is 5.82 Å². The van der Waals surface area contributed by atoms with Gasteiger partial charge in [-0.2, -0.15) is 0 Å². The monoisotopic (exact) mass is 289 g/mol. The van der Waals surface area contributed by atoms with E-state index < -0.39 is 5.54 Å². The fourth-order valence-electron chi connectivity index (χ4n) is 2.31. The predicted molar refractivity (Wildman–Crippen MR) is 75.9 cm³/mol. The molecule has 3 rings (SSSR count). The van der Waals surface area contributed by atoms with Gasteiger partial charge in [0.2, 0.25) is 0 Å². The third-order valence-electron chi connectivity index (χ3n) is 3.26. The highest BCUT2D eigenvalue weighted by molar-refractivity contribution is 7.09. The van der Waals surface area contributed by atoms with Crippen molar-refractivity contribution >= 4 is 23.2 Å². The first kappa shape index (κ1) is 12.8. The lowest BCUT2D eigenvalue weighted by atomic mass is 9.86. The summed E-state index contributed by atoms with van der Waals surface area (Å²) in [6, 6.07) is 9.65. The minimum absolute atomic E-state index is 0.0934. The number of thiophene rings is 1. The first-order valence-electron chi connectivity index (χ1n) is 6.05. The normalized spacial score (nSPS) is 21.6. The molecule has 1 amide bonds. The highest BCUT2D eigenvalue weighted by Crippen LogP contribution is 2.34. The van der Waals surface area contributed by atoms with Gasteiger partial charge >= 0.3 is 0 Å². The first-order valence-corrected chi connectivity index (χ1v) is 6.93. The standard InChI is InChI=1S/C14H12FN3OS/c15-10-5-3-9(4-6-10)14(8-11-2-1-7-20-11)12(19)17-13(16)18-14/h1-7H,8H2,(H3,16,17,18,19)/t14-/m0/s1. The van der Waals surface area contributed by atoms with E-state index in [0.29, 0.717) is 12.0 Å². The summed E-state index contributed by atoms with van der Waals surface area (Å²) in [4.78, 5) is 17.6. The van der Waals surface area contributed by atoms with Gasteiger partial charge < -0.3 is 5.73 Å². The Morgan fingerprint density at radius 3 is 2.60 bits per heavy atom. The Hall–Kier alpha value is -2.21. The zero-order valence-electron chi connectivity index (χ0n) is 10.5. The van der Waals surface area contributed by atoms with Crippen molar-refractivity contribution in [2.45, 2.75) is 12.0 Å². The Balaban J connectivity index is 2.08. The topological polar surface area (TPSA) is 67.5 Å². The van der Waals surface area contributed by atoms with E-state index in [2.05, 4.69) is 10.3 Å². The number of hydrogen-bond acceptors (Lipinski definition) is 4. The summed E-state index contributed by atoms with van der Waals surface area (Å²) < 4.78 is 13.1. The van der Waals surface area contributed by atoms with Gasteiger partial charge in [0.15, 0.2) is 11.5 Å². The van der Waals surface area contributed by atoms with Gasteiger partial charge in [0, 0.05) is 11.3 Å². The molecular formula is C14H12FN3OS. The number of guanidine groups is 1. The lowest BCUT2D eigenvalue weighted by molar-refractivity contribution is -0.124. The van der Waals surface area contributed by atoms with Gasteiger partial charge in [0.1, 0.15) is 5.82 Å². The van der Waals surface area contributed by atoms with Crippen molar-refractivity contribution in [2.24, 2.45) is 10.7 Å². The SMILES string of the molecule is NC1=N[C@@](Cc2cccs2)(c2ccc(F)cc2)C(=O)N1. The highest BCUT2D eigenvalue weighted by Gasteiger charge is 2.45. The van der Waals surface area contributed by atoms with Gasteiger partial charge in [-0.25, -0.2) is 9.38 Å². The maximum atomic E-state index is 13.1. The second-order valence-corrected chi connectivity index (χ2v) is 5.61. The Bertz CT molecular complexity index is 666. The zero-order valence-corrected chi connectivity index (χ0v) is 11.3. The molecule has 1 atom stereocenters. The molecule has 2 heterocycles. The molecule has 0 bridgehead atoms. The number of carbonyl (C=O) groups excluding carboxylic acids is 1. The van der Waals surface area contributed by atoms with E-state index in [-0.39, 0.29) is 17.7 Å². The molecule has 3 N–H and O–H groups in total. The largest absolute Gasteiger partial charge is 0.370 e. The number of amides is 1. The summed E-state index contributed by atoms with van der Waals surface area (Å²) in [5.74, 6) is -0.540. The van der Waals surface area contributed by atoms with Crippen molar-refractivity contribution in [1.29, 1.82) is 0 Å². The molecule has 4 nitrogen and oxygen atoms in total. The molecule has 1 aliphatic heterocycles. The molecule has 0 saturated heterocycles. The molecule has 0 fully saturated rings. The van der Waals surface area contributed by atoms with Crippen molar-refractivity contribution in [3.05, 3.63) is 58.0 Å². The smallest absolute Gasteiger partial charge is 0.259 e. The van der Waals surface area contributed by atoms with Crippen LogP contribution in [0.3, 0.4) is 0 Å². The number of aliphatic imine (C=N–C) groups is 1. The van der Waals surface area contributed by atoms with Crippen LogP contribution < -0.4 is 11.1 Å². The minimum atomic E-state index is -1.11. The van der Waals surface area contributed by atoms with Crippen molar-refractivity contribution < 1.29 is 9.18 Å². The number of rotatable bonds is 3. The Morgan fingerprint density at radius 1 is 1.30 bits per heavy atom. The van der Waals surface area contributed by atoms with Crippen LogP contribution in [-0.4, -0.2) is 11.9 Å². The third kappa shape index (κ3) is 2.08. The summed E-state index contributed by atoms with van der Waals surface area (Å²) in [6.07, 6.45) is 0.406. The fraction of sp³-hybridized carbons (Fsp3) is 0.143. The van der Waals surface area contributed by atoms with E-state index in [1.807, 2.05) is 17.5 Å².